The fourth-order valence-electron chi connectivity index (χ4n) is 3.61. The van der Waals surface area contributed by atoms with Gasteiger partial charge in [0.1, 0.15) is 0 Å². The van der Waals surface area contributed by atoms with E-state index in [-0.39, 0.29) is 30.3 Å². The molecule has 0 aromatic rings. The highest BCUT2D eigenvalue weighted by Gasteiger charge is 2.45. The molecule has 2 fully saturated rings. The number of ether oxygens (including phenoxy) is 3. The maximum absolute atomic E-state index is 10.4. The van der Waals surface area contributed by atoms with Gasteiger partial charge in [0.15, 0.2) is 5.79 Å². The van der Waals surface area contributed by atoms with Crippen molar-refractivity contribution in [2.45, 2.75) is 90.0 Å². The Balaban J connectivity index is 1.92. The third-order valence-corrected chi connectivity index (χ3v) is 5.01. The van der Waals surface area contributed by atoms with Crippen molar-refractivity contribution in [2.75, 3.05) is 6.61 Å². The Morgan fingerprint density at radius 2 is 1.75 bits per heavy atom. The molecule has 1 N–H and O–H groups in total. The summed E-state index contributed by atoms with van der Waals surface area (Å²) in [4.78, 5) is 0. The van der Waals surface area contributed by atoms with Gasteiger partial charge in [0.2, 0.25) is 0 Å². The van der Waals surface area contributed by atoms with E-state index >= 15 is 0 Å². The Morgan fingerprint density at radius 3 is 2.20 bits per heavy atom. The highest BCUT2D eigenvalue weighted by Crippen LogP contribution is 2.37. The summed E-state index contributed by atoms with van der Waals surface area (Å²) in [6, 6.07) is 0. The van der Waals surface area contributed by atoms with E-state index < -0.39 is 5.79 Å². The summed E-state index contributed by atoms with van der Waals surface area (Å²) in [6.45, 7) is 9.04. The molecular formula is C16H30O4. The lowest BCUT2D eigenvalue weighted by atomic mass is 9.91. The number of aliphatic hydroxyl groups excluding tert-OH is 1. The maximum Gasteiger partial charge on any atom is 0.168 e. The van der Waals surface area contributed by atoms with Crippen molar-refractivity contribution >= 4 is 0 Å². The molecule has 20 heavy (non-hydrogen) atoms. The van der Waals surface area contributed by atoms with E-state index in [1.807, 2.05) is 0 Å². The molecule has 0 aliphatic carbocycles. The van der Waals surface area contributed by atoms with E-state index in [2.05, 4.69) is 27.7 Å². The largest absolute Gasteiger partial charge is 0.390 e. The van der Waals surface area contributed by atoms with Gasteiger partial charge in [-0.15, -0.1) is 0 Å². The number of aliphatic hydroxyl groups is 1. The lowest BCUT2D eigenvalue weighted by Gasteiger charge is -2.26. The predicted molar refractivity (Wildman–Crippen MR) is 77.5 cm³/mol. The topological polar surface area (TPSA) is 47.9 Å². The molecule has 0 amide bonds. The second-order valence-electron chi connectivity index (χ2n) is 6.09. The van der Waals surface area contributed by atoms with Crippen LogP contribution in [-0.2, 0) is 14.2 Å². The quantitative estimate of drug-likeness (QED) is 0.815. The number of hydrogen-bond donors (Lipinski definition) is 1. The summed E-state index contributed by atoms with van der Waals surface area (Å²) in [5.74, 6) is -0.155. The maximum atomic E-state index is 10.4. The van der Waals surface area contributed by atoms with Crippen LogP contribution in [0.2, 0.25) is 0 Å². The summed E-state index contributed by atoms with van der Waals surface area (Å²) in [7, 11) is 0. The monoisotopic (exact) mass is 286 g/mol. The SMILES string of the molecule is CC[C@@H]1[C@H](O)[C@H](C[C@H]2COC(CC)(CC)O2)O[C@H]1CC. The molecule has 4 nitrogen and oxygen atoms in total. The minimum atomic E-state index is -0.414. The molecule has 0 bridgehead atoms. The molecule has 2 aliphatic rings. The standard InChI is InChI=1S/C16H30O4/c1-5-12-13(6-2)19-14(15(12)17)9-11-10-18-16(7-3,8-4)20-11/h11-15,17H,5-10H2,1-4H3/t11-,12-,13-,14-,15-/m0/s1. The van der Waals surface area contributed by atoms with Crippen molar-refractivity contribution in [1.29, 1.82) is 0 Å². The van der Waals surface area contributed by atoms with Crippen LogP contribution in [-0.4, -0.2) is 41.9 Å². The average Bonchev–Trinajstić information content (AvgIpc) is 3.02. The Bertz CT molecular complexity index is 303. The van der Waals surface area contributed by atoms with Gasteiger partial charge in [-0.2, -0.15) is 0 Å². The fraction of sp³-hybridized carbons (Fsp3) is 1.00. The van der Waals surface area contributed by atoms with E-state index in [1.54, 1.807) is 0 Å². The third kappa shape index (κ3) is 3.03. The molecule has 2 heterocycles. The van der Waals surface area contributed by atoms with Crippen LogP contribution in [0.3, 0.4) is 0 Å². The summed E-state index contributed by atoms with van der Waals surface area (Å²) >= 11 is 0. The van der Waals surface area contributed by atoms with Crippen LogP contribution in [0, 0.1) is 5.92 Å². The van der Waals surface area contributed by atoms with Gasteiger partial charge in [0, 0.05) is 12.3 Å². The second-order valence-corrected chi connectivity index (χ2v) is 6.09. The van der Waals surface area contributed by atoms with Crippen molar-refractivity contribution in [3.05, 3.63) is 0 Å². The molecule has 5 atom stereocenters. The zero-order chi connectivity index (χ0) is 14.8. The van der Waals surface area contributed by atoms with E-state index in [1.165, 1.54) is 0 Å². The van der Waals surface area contributed by atoms with Gasteiger partial charge in [0.05, 0.1) is 31.0 Å². The summed E-state index contributed by atoms with van der Waals surface area (Å²) in [6.07, 6.45) is 4.14. The van der Waals surface area contributed by atoms with Gasteiger partial charge in [-0.3, -0.25) is 0 Å². The first kappa shape index (κ1) is 16.2. The average molecular weight is 286 g/mol. The molecule has 0 aromatic heterocycles. The molecule has 0 radical (unpaired) electrons. The van der Waals surface area contributed by atoms with E-state index in [4.69, 9.17) is 14.2 Å². The van der Waals surface area contributed by atoms with E-state index in [0.717, 1.165) is 32.1 Å². The molecule has 4 heteroatoms. The van der Waals surface area contributed by atoms with Crippen molar-refractivity contribution in [2.24, 2.45) is 5.92 Å². The second kappa shape index (κ2) is 6.73. The molecule has 118 valence electrons. The molecule has 0 spiro atoms. The number of rotatable bonds is 6. The van der Waals surface area contributed by atoms with E-state index in [9.17, 15) is 5.11 Å². The zero-order valence-electron chi connectivity index (χ0n) is 13.3. The summed E-state index contributed by atoms with van der Waals surface area (Å²) in [5.41, 5.74) is 0. The molecule has 0 unspecified atom stereocenters. The van der Waals surface area contributed by atoms with Crippen LogP contribution in [0.25, 0.3) is 0 Å². The van der Waals surface area contributed by atoms with Gasteiger partial charge in [-0.1, -0.05) is 27.7 Å². The van der Waals surface area contributed by atoms with Crippen molar-refractivity contribution in [3.8, 4) is 0 Å². The molecule has 2 aliphatic heterocycles. The highest BCUT2D eigenvalue weighted by molar-refractivity contribution is 4.91. The van der Waals surface area contributed by atoms with Gasteiger partial charge >= 0.3 is 0 Å². The molecular weight excluding hydrogens is 256 g/mol. The van der Waals surface area contributed by atoms with Crippen LogP contribution in [0.15, 0.2) is 0 Å². The first-order valence-electron chi connectivity index (χ1n) is 8.24. The number of hydrogen-bond acceptors (Lipinski definition) is 4. The van der Waals surface area contributed by atoms with Crippen LogP contribution in [0.1, 0.15) is 59.8 Å². The molecule has 0 aromatic carbocycles. The van der Waals surface area contributed by atoms with Gasteiger partial charge in [-0.25, -0.2) is 0 Å². The minimum Gasteiger partial charge on any atom is -0.390 e. The first-order chi connectivity index (χ1) is 9.59. The van der Waals surface area contributed by atoms with Crippen LogP contribution in [0.4, 0.5) is 0 Å². The molecule has 2 rings (SSSR count). The minimum absolute atomic E-state index is 0.0441. The Morgan fingerprint density at radius 1 is 1.05 bits per heavy atom. The fourth-order valence-corrected chi connectivity index (χ4v) is 3.61. The molecule has 0 saturated carbocycles. The Hall–Kier alpha value is -0.160. The third-order valence-electron chi connectivity index (χ3n) is 5.01. The van der Waals surface area contributed by atoms with Gasteiger partial charge in [-0.05, 0) is 25.7 Å². The normalized spacial score (nSPS) is 40.4. The molecule has 2 saturated heterocycles. The van der Waals surface area contributed by atoms with Gasteiger partial charge < -0.3 is 19.3 Å². The van der Waals surface area contributed by atoms with Gasteiger partial charge in [0.25, 0.3) is 0 Å². The van der Waals surface area contributed by atoms with E-state index in [0.29, 0.717) is 6.61 Å². The van der Waals surface area contributed by atoms with Crippen LogP contribution >= 0.6 is 0 Å². The first-order valence-corrected chi connectivity index (χ1v) is 8.24. The van der Waals surface area contributed by atoms with Crippen molar-refractivity contribution < 1.29 is 19.3 Å². The summed E-state index contributed by atoms with van der Waals surface area (Å²) < 4.78 is 18.0. The zero-order valence-corrected chi connectivity index (χ0v) is 13.3. The highest BCUT2D eigenvalue weighted by atomic mass is 16.7. The van der Waals surface area contributed by atoms with Crippen molar-refractivity contribution in [3.63, 3.8) is 0 Å². The summed E-state index contributed by atoms with van der Waals surface area (Å²) in [5, 5.41) is 10.4. The Kier molecular flexibility index (Phi) is 5.46. The van der Waals surface area contributed by atoms with Crippen molar-refractivity contribution in [1.82, 2.24) is 0 Å². The predicted octanol–water partition coefficient (Wildman–Crippen LogP) is 2.87. The smallest absolute Gasteiger partial charge is 0.168 e. The van der Waals surface area contributed by atoms with Crippen LogP contribution in [0.5, 0.6) is 0 Å². The van der Waals surface area contributed by atoms with Crippen LogP contribution < -0.4 is 0 Å². The lowest BCUT2D eigenvalue weighted by molar-refractivity contribution is -0.175. The lowest BCUT2D eigenvalue weighted by Crippen LogP contribution is -2.33. The Labute approximate surface area is 122 Å².